The van der Waals surface area contributed by atoms with Crippen LogP contribution in [0, 0.1) is 10.4 Å². The van der Waals surface area contributed by atoms with Crippen molar-refractivity contribution in [3.63, 3.8) is 0 Å². The van der Waals surface area contributed by atoms with Gasteiger partial charge in [-0.05, 0) is 0 Å². The fourth-order valence-corrected chi connectivity index (χ4v) is 2.22. The summed E-state index contributed by atoms with van der Waals surface area (Å²) >= 11 is 5.33. The molecule has 3 heteroatoms. The van der Waals surface area contributed by atoms with Gasteiger partial charge in [0.2, 0.25) is 0 Å². The van der Waals surface area contributed by atoms with Crippen molar-refractivity contribution in [1.82, 2.24) is 4.98 Å². The van der Waals surface area contributed by atoms with Crippen molar-refractivity contribution in [2.45, 2.75) is 6.92 Å². The van der Waals surface area contributed by atoms with Gasteiger partial charge in [-0.3, -0.25) is 0 Å². The summed E-state index contributed by atoms with van der Waals surface area (Å²) in [7, 11) is 0. The number of hydrogen-bond donors (Lipinski definition) is 1. The third kappa shape index (κ3) is 1.26. The number of aromatic nitrogens is 1. The minimum atomic E-state index is 0.468. The molecule has 0 spiro atoms. The molecule has 0 radical (unpaired) electrons. The van der Waals surface area contributed by atoms with Crippen LogP contribution in [0.15, 0.2) is 6.20 Å². The molecular formula is C4H5NSSe. The van der Waals surface area contributed by atoms with Crippen molar-refractivity contribution in [2.24, 2.45) is 0 Å². The first-order valence-electron chi connectivity index (χ1n) is 1.94. The summed E-state index contributed by atoms with van der Waals surface area (Å²) < 4.78 is 2.39. The Kier molecular flexibility index (Phi) is 1.47. The number of aryl methyl sites for hydroxylation is 1. The van der Waals surface area contributed by atoms with E-state index in [9.17, 15) is 0 Å². The van der Waals surface area contributed by atoms with E-state index in [1.165, 1.54) is 4.44 Å². The van der Waals surface area contributed by atoms with Crippen LogP contribution in [-0.4, -0.2) is 19.5 Å². The van der Waals surface area contributed by atoms with E-state index in [4.69, 9.17) is 12.2 Å². The predicted molar refractivity (Wildman–Crippen MR) is 33.3 cm³/mol. The maximum atomic E-state index is 4.86. The van der Waals surface area contributed by atoms with Gasteiger partial charge in [-0.25, -0.2) is 0 Å². The molecule has 38 valence electrons. The van der Waals surface area contributed by atoms with Gasteiger partial charge in [-0.2, -0.15) is 0 Å². The molecule has 1 aromatic heterocycles. The van der Waals surface area contributed by atoms with E-state index in [1.807, 2.05) is 6.20 Å². The average Bonchev–Trinajstić information content (AvgIpc) is 1.87. The predicted octanol–water partition coefficient (Wildman–Crippen LogP) is 1.11. The number of hydrogen-bond acceptors (Lipinski definition) is 1. The van der Waals surface area contributed by atoms with Crippen molar-refractivity contribution >= 4 is 26.7 Å². The van der Waals surface area contributed by atoms with Crippen LogP contribution in [0.1, 0.15) is 4.44 Å². The van der Waals surface area contributed by atoms with Crippen LogP contribution >= 0.6 is 12.2 Å². The molecule has 0 atom stereocenters. The number of nitrogens with one attached hydrogen (secondary N) is 1. The molecule has 0 saturated heterocycles. The summed E-state index contributed by atoms with van der Waals surface area (Å²) in [6.45, 7) is 2.09. The Labute approximate surface area is 53.1 Å². The van der Waals surface area contributed by atoms with Crippen LogP contribution in [0.2, 0.25) is 0 Å². The number of rotatable bonds is 0. The van der Waals surface area contributed by atoms with Crippen molar-refractivity contribution in [1.29, 1.82) is 0 Å². The zero-order valence-corrected chi connectivity index (χ0v) is 6.42. The zero-order chi connectivity index (χ0) is 5.28. The second-order valence-electron chi connectivity index (χ2n) is 1.29. The molecule has 0 aliphatic heterocycles. The monoisotopic (exact) mass is 179 g/mol. The van der Waals surface area contributed by atoms with E-state index < -0.39 is 0 Å². The molecule has 0 aromatic carbocycles. The summed E-state index contributed by atoms with van der Waals surface area (Å²) in [6.07, 6.45) is 1.97. The van der Waals surface area contributed by atoms with E-state index in [0.717, 1.165) is 3.51 Å². The van der Waals surface area contributed by atoms with E-state index in [0.29, 0.717) is 14.5 Å². The number of H-pyrrole nitrogens is 1. The molecule has 0 unspecified atom stereocenters. The molecule has 0 aliphatic rings. The SMILES string of the molecule is Cc1c[nH]c(=S)[se]1. The molecule has 0 fully saturated rings. The van der Waals surface area contributed by atoms with Gasteiger partial charge in [0.05, 0.1) is 0 Å². The number of aromatic amines is 1. The Balaban J connectivity index is 3.30. The second kappa shape index (κ2) is 1.95. The van der Waals surface area contributed by atoms with Crippen molar-refractivity contribution < 1.29 is 0 Å². The summed E-state index contributed by atoms with van der Waals surface area (Å²) in [4.78, 5) is 2.97. The van der Waals surface area contributed by atoms with Gasteiger partial charge in [-0.15, -0.1) is 0 Å². The van der Waals surface area contributed by atoms with Gasteiger partial charge in [-0.1, -0.05) is 0 Å². The fraction of sp³-hybridized carbons (Fsp3) is 0.250. The molecule has 1 aromatic rings. The first-order chi connectivity index (χ1) is 3.29. The molecule has 0 amide bonds. The van der Waals surface area contributed by atoms with Gasteiger partial charge in [0.1, 0.15) is 0 Å². The Hall–Kier alpha value is 0.149. The molecular weight excluding hydrogens is 173 g/mol. The van der Waals surface area contributed by atoms with Gasteiger partial charge >= 0.3 is 52.8 Å². The fourth-order valence-electron chi connectivity index (χ4n) is 0.366. The molecule has 1 heterocycles. The van der Waals surface area contributed by atoms with Crippen LogP contribution in [0.25, 0.3) is 0 Å². The van der Waals surface area contributed by atoms with Gasteiger partial charge < -0.3 is 0 Å². The zero-order valence-electron chi connectivity index (χ0n) is 3.89. The minimum absolute atomic E-state index is 0.468. The van der Waals surface area contributed by atoms with E-state index in [-0.39, 0.29) is 0 Å². The topological polar surface area (TPSA) is 15.8 Å². The van der Waals surface area contributed by atoms with Gasteiger partial charge in [0.25, 0.3) is 0 Å². The molecule has 0 bridgehead atoms. The van der Waals surface area contributed by atoms with Crippen LogP contribution in [-0.2, 0) is 0 Å². The summed E-state index contributed by atoms with van der Waals surface area (Å²) in [5.41, 5.74) is 0. The first kappa shape index (κ1) is 5.29. The first-order valence-corrected chi connectivity index (χ1v) is 4.06. The van der Waals surface area contributed by atoms with Crippen LogP contribution in [0.5, 0.6) is 0 Å². The molecule has 1 N–H and O–H groups in total. The Morgan fingerprint density at radius 2 is 2.57 bits per heavy atom. The molecule has 7 heavy (non-hydrogen) atoms. The average molecular weight is 178 g/mol. The summed E-state index contributed by atoms with van der Waals surface area (Å²) in [5.74, 6) is 0. The standard InChI is InChI=1S/C4H5NSSe/c1-3-2-5-4(6)7-3/h2H,1H3,(H,5,6). The third-order valence-corrected chi connectivity index (χ3v) is 2.76. The second-order valence-corrected chi connectivity index (χ2v) is 4.92. The summed E-state index contributed by atoms with van der Waals surface area (Å²) in [5, 5.41) is 0. The summed E-state index contributed by atoms with van der Waals surface area (Å²) in [6, 6.07) is 0. The van der Waals surface area contributed by atoms with Crippen molar-refractivity contribution in [3.05, 3.63) is 14.1 Å². The molecule has 1 nitrogen and oxygen atoms in total. The Bertz CT molecular complexity index is 199. The van der Waals surface area contributed by atoms with Crippen LogP contribution < -0.4 is 0 Å². The van der Waals surface area contributed by atoms with Gasteiger partial charge in [0.15, 0.2) is 0 Å². The van der Waals surface area contributed by atoms with Gasteiger partial charge in [0, 0.05) is 0 Å². The van der Waals surface area contributed by atoms with Crippen molar-refractivity contribution in [2.75, 3.05) is 0 Å². The van der Waals surface area contributed by atoms with E-state index in [1.54, 1.807) is 0 Å². The Morgan fingerprint density at radius 3 is 2.71 bits per heavy atom. The molecule has 0 saturated carbocycles. The normalized spacial score (nSPS) is 9.29. The quantitative estimate of drug-likeness (QED) is 0.464. The molecule has 1 rings (SSSR count). The van der Waals surface area contributed by atoms with E-state index in [2.05, 4.69) is 11.9 Å². The van der Waals surface area contributed by atoms with E-state index >= 15 is 0 Å². The van der Waals surface area contributed by atoms with Crippen LogP contribution in [0.3, 0.4) is 0 Å². The van der Waals surface area contributed by atoms with Crippen LogP contribution in [0.4, 0.5) is 0 Å². The molecule has 0 aliphatic carbocycles. The van der Waals surface area contributed by atoms with Crippen molar-refractivity contribution in [3.8, 4) is 0 Å². The third-order valence-electron chi connectivity index (χ3n) is 0.647. The maximum absolute atomic E-state index is 4.86. The Morgan fingerprint density at radius 1 is 1.86 bits per heavy atom.